The minimum absolute atomic E-state index is 0.000182. The molecule has 2 unspecified atom stereocenters. The van der Waals surface area contributed by atoms with Crippen LogP contribution in [0.15, 0.2) is 97.1 Å². The number of carbonyl (C=O) groups is 1. The minimum atomic E-state index is -4.79. The molecule has 212 valence electrons. The molecule has 5 rings (SSSR count). The number of aliphatic carboxylic acids is 1. The quantitative estimate of drug-likeness (QED) is 0.213. The zero-order valence-electron chi connectivity index (χ0n) is 22.2. The van der Waals surface area contributed by atoms with Crippen molar-refractivity contribution in [2.45, 2.75) is 37.5 Å². The molecule has 0 saturated carbocycles. The summed E-state index contributed by atoms with van der Waals surface area (Å²) >= 11 is 0. The van der Waals surface area contributed by atoms with E-state index in [9.17, 15) is 22.4 Å². The van der Waals surface area contributed by atoms with Gasteiger partial charge in [0.15, 0.2) is 0 Å². The fourth-order valence-corrected chi connectivity index (χ4v) is 5.60. The number of rotatable bonds is 9. The number of carboxylic acid groups (broad SMARTS) is 1. The highest BCUT2D eigenvalue weighted by Crippen LogP contribution is 2.42. The van der Waals surface area contributed by atoms with Gasteiger partial charge in [-0.05, 0) is 52.1 Å². The number of alkyl halides is 3. The van der Waals surface area contributed by atoms with Gasteiger partial charge in [-0.2, -0.15) is 13.2 Å². The molecule has 2 atom stereocenters. The van der Waals surface area contributed by atoms with Gasteiger partial charge in [-0.3, -0.25) is 9.69 Å². The molecule has 1 heterocycles. The van der Waals surface area contributed by atoms with Crippen molar-refractivity contribution < 1.29 is 32.2 Å². The van der Waals surface area contributed by atoms with Crippen molar-refractivity contribution in [2.75, 3.05) is 13.2 Å². The lowest BCUT2D eigenvalue weighted by Crippen LogP contribution is -2.38. The molecule has 0 aliphatic carbocycles. The van der Waals surface area contributed by atoms with E-state index in [-0.39, 0.29) is 24.9 Å². The Morgan fingerprint density at radius 3 is 2.34 bits per heavy atom. The van der Waals surface area contributed by atoms with Gasteiger partial charge >= 0.3 is 12.1 Å². The van der Waals surface area contributed by atoms with Gasteiger partial charge in [0.05, 0.1) is 18.6 Å². The third-order valence-electron chi connectivity index (χ3n) is 7.43. The molecule has 1 aliphatic rings. The summed E-state index contributed by atoms with van der Waals surface area (Å²) in [7, 11) is 0. The van der Waals surface area contributed by atoms with Crippen molar-refractivity contribution >= 4 is 5.97 Å². The number of benzene rings is 4. The molecule has 0 amide bonds. The highest BCUT2D eigenvalue weighted by Gasteiger charge is 2.36. The molecule has 4 nitrogen and oxygen atoms in total. The molecule has 4 aromatic carbocycles. The summed E-state index contributed by atoms with van der Waals surface area (Å²) < 4.78 is 60.5. The van der Waals surface area contributed by atoms with E-state index in [4.69, 9.17) is 9.84 Å². The molecule has 1 aliphatic heterocycles. The Balaban J connectivity index is 1.45. The van der Waals surface area contributed by atoms with Gasteiger partial charge in [0.1, 0.15) is 11.6 Å². The maximum absolute atomic E-state index is 14.0. The second-order valence-corrected chi connectivity index (χ2v) is 10.2. The van der Waals surface area contributed by atoms with Crippen LogP contribution < -0.4 is 4.74 Å². The fraction of sp³-hybridized carbons (Fsp3) is 0.242. The average molecular weight is 564 g/mol. The third-order valence-corrected chi connectivity index (χ3v) is 7.43. The Bertz CT molecular complexity index is 1510. The van der Waals surface area contributed by atoms with Gasteiger partial charge in [-0.25, -0.2) is 4.39 Å². The van der Waals surface area contributed by atoms with Gasteiger partial charge in [-0.1, -0.05) is 72.8 Å². The van der Waals surface area contributed by atoms with Crippen molar-refractivity contribution in [3.63, 3.8) is 0 Å². The van der Waals surface area contributed by atoms with Crippen molar-refractivity contribution in [1.82, 2.24) is 4.90 Å². The number of fused-ring (bicyclic) bond motifs is 1. The number of halogens is 4. The van der Waals surface area contributed by atoms with Crippen LogP contribution >= 0.6 is 0 Å². The van der Waals surface area contributed by atoms with Crippen molar-refractivity contribution in [2.24, 2.45) is 0 Å². The van der Waals surface area contributed by atoms with Crippen LogP contribution in [-0.4, -0.2) is 29.1 Å². The smallest absolute Gasteiger partial charge is 0.419 e. The highest BCUT2D eigenvalue weighted by molar-refractivity contribution is 5.70. The predicted molar refractivity (Wildman–Crippen MR) is 147 cm³/mol. The fourth-order valence-electron chi connectivity index (χ4n) is 5.60. The van der Waals surface area contributed by atoms with Crippen LogP contribution in [0.1, 0.15) is 51.8 Å². The Hall–Kier alpha value is -4.17. The Morgan fingerprint density at radius 1 is 0.878 bits per heavy atom. The van der Waals surface area contributed by atoms with E-state index in [1.165, 1.54) is 6.07 Å². The SMILES string of the molecule is O=C(O)Cc1cccc(OCCC2c3ccccc3C(c3ccccc3)CN2Cc2ccc(F)c(C(F)(F)F)c2)c1. The van der Waals surface area contributed by atoms with Gasteiger partial charge in [0.25, 0.3) is 0 Å². The normalized spacial score (nSPS) is 17.2. The summed E-state index contributed by atoms with van der Waals surface area (Å²) in [5.74, 6) is -1.67. The van der Waals surface area contributed by atoms with Gasteiger partial charge in [0.2, 0.25) is 0 Å². The topological polar surface area (TPSA) is 49.8 Å². The summed E-state index contributed by atoms with van der Waals surface area (Å²) in [6.45, 7) is 1.05. The first-order valence-corrected chi connectivity index (χ1v) is 13.4. The van der Waals surface area contributed by atoms with Gasteiger partial charge in [-0.15, -0.1) is 0 Å². The number of carboxylic acids is 1. The zero-order valence-corrected chi connectivity index (χ0v) is 22.2. The van der Waals surface area contributed by atoms with Crippen molar-refractivity contribution in [3.8, 4) is 5.75 Å². The molecule has 0 spiro atoms. The first-order valence-electron chi connectivity index (χ1n) is 13.4. The highest BCUT2D eigenvalue weighted by atomic mass is 19.4. The monoisotopic (exact) mass is 563 g/mol. The maximum atomic E-state index is 14.0. The van der Waals surface area contributed by atoms with E-state index in [1.807, 2.05) is 48.5 Å². The molecule has 0 bridgehead atoms. The number of hydrogen-bond donors (Lipinski definition) is 1. The van der Waals surface area contributed by atoms with Crippen LogP contribution in [-0.2, 0) is 23.9 Å². The van der Waals surface area contributed by atoms with Crippen LogP contribution in [0.5, 0.6) is 5.75 Å². The predicted octanol–water partition coefficient (Wildman–Crippen LogP) is 7.63. The summed E-state index contributed by atoms with van der Waals surface area (Å²) in [4.78, 5) is 13.2. The first kappa shape index (κ1) is 28.4. The molecule has 0 radical (unpaired) electrons. The Morgan fingerprint density at radius 2 is 1.61 bits per heavy atom. The van der Waals surface area contributed by atoms with E-state index in [1.54, 1.807) is 24.3 Å². The minimum Gasteiger partial charge on any atom is -0.494 e. The molecule has 4 aromatic rings. The summed E-state index contributed by atoms with van der Waals surface area (Å²) in [5, 5.41) is 9.10. The van der Waals surface area contributed by atoms with Crippen LogP contribution in [0.25, 0.3) is 0 Å². The molecule has 0 fully saturated rings. The van der Waals surface area contributed by atoms with Crippen molar-refractivity contribution in [3.05, 3.63) is 136 Å². The van der Waals surface area contributed by atoms with Crippen LogP contribution in [0.3, 0.4) is 0 Å². The Labute approximate surface area is 235 Å². The molecule has 8 heteroatoms. The molecule has 41 heavy (non-hydrogen) atoms. The lowest BCUT2D eigenvalue weighted by Gasteiger charge is -2.42. The second-order valence-electron chi connectivity index (χ2n) is 10.2. The Kier molecular flexibility index (Phi) is 8.40. The van der Waals surface area contributed by atoms with E-state index >= 15 is 0 Å². The lowest BCUT2D eigenvalue weighted by molar-refractivity contribution is -0.140. The summed E-state index contributed by atoms with van der Waals surface area (Å²) in [5.41, 5.74) is 3.05. The van der Waals surface area contributed by atoms with Crippen LogP contribution in [0.4, 0.5) is 17.6 Å². The van der Waals surface area contributed by atoms with E-state index < -0.39 is 23.5 Å². The molecule has 0 saturated heterocycles. The molecular weight excluding hydrogens is 534 g/mol. The first-order chi connectivity index (χ1) is 19.7. The summed E-state index contributed by atoms with van der Waals surface area (Å²) in [6, 6.07) is 28.0. The average Bonchev–Trinajstić information content (AvgIpc) is 2.94. The molecule has 0 aromatic heterocycles. The standard InChI is InChI=1S/C33H29F4NO3/c34-30-14-13-23(18-29(30)33(35,36)37)20-38-21-28(24-8-2-1-3-9-24)26-11-4-5-12-27(26)31(38)15-16-41-25-10-6-7-22(17-25)19-32(39)40/h1-14,17-18,28,31H,15-16,19-21H2,(H,39,40). The lowest BCUT2D eigenvalue weighted by atomic mass is 9.80. The maximum Gasteiger partial charge on any atom is 0.419 e. The third kappa shape index (κ3) is 6.77. The van der Waals surface area contributed by atoms with Crippen molar-refractivity contribution in [1.29, 1.82) is 0 Å². The van der Waals surface area contributed by atoms with Gasteiger partial charge < -0.3 is 9.84 Å². The van der Waals surface area contributed by atoms with Crippen LogP contribution in [0, 0.1) is 5.82 Å². The number of nitrogens with zero attached hydrogens (tertiary/aromatic N) is 1. The zero-order chi connectivity index (χ0) is 29.0. The molecular formula is C33H29F4NO3. The van der Waals surface area contributed by atoms with Gasteiger partial charge in [0, 0.05) is 31.5 Å². The van der Waals surface area contributed by atoms with E-state index in [2.05, 4.69) is 11.0 Å². The van der Waals surface area contributed by atoms with E-state index in [0.717, 1.165) is 28.8 Å². The number of hydrogen-bond acceptors (Lipinski definition) is 3. The summed E-state index contributed by atoms with van der Waals surface area (Å²) in [6.07, 6.45) is -4.36. The second kappa shape index (κ2) is 12.1. The largest absolute Gasteiger partial charge is 0.494 e. The van der Waals surface area contributed by atoms with E-state index in [0.29, 0.717) is 36.4 Å². The van der Waals surface area contributed by atoms with Crippen LogP contribution in [0.2, 0.25) is 0 Å². The number of ether oxygens (including phenoxy) is 1. The molecule has 1 N–H and O–H groups in total.